The first kappa shape index (κ1) is 14.3. The molecule has 6 heteroatoms. The second-order valence-electron chi connectivity index (χ2n) is 5.38. The van der Waals surface area contributed by atoms with Gasteiger partial charge >= 0.3 is 0 Å². The summed E-state index contributed by atoms with van der Waals surface area (Å²) in [6.07, 6.45) is 3.07. The van der Waals surface area contributed by atoms with Gasteiger partial charge in [0.15, 0.2) is 0 Å². The van der Waals surface area contributed by atoms with Crippen molar-refractivity contribution in [3.63, 3.8) is 0 Å². The molecule has 1 atom stereocenters. The van der Waals surface area contributed by atoms with Gasteiger partial charge in [-0.1, -0.05) is 30.3 Å². The van der Waals surface area contributed by atoms with Crippen molar-refractivity contribution in [1.82, 2.24) is 20.4 Å². The van der Waals surface area contributed by atoms with Crippen molar-refractivity contribution in [1.29, 1.82) is 0 Å². The third kappa shape index (κ3) is 3.16. The quantitative estimate of drug-likeness (QED) is 0.894. The molecule has 0 aliphatic carbocycles. The maximum atomic E-state index is 12.5. The largest absolute Gasteiger partial charge is 0.339 e. The van der Waals surface area contributed by atoms with Gasteiger partial charge in [-0.15, -0.1) is 0 Å². The first-order valence-corrected chi connectivity index (χ1v) is 7.37. The van der Waals surface area contributed by atoms with E-state index < -0.39 is 6.04 Å². The summed E-state index contributed by atoms with van der Waals surface area (Å²) in [7, 11) is 0. The fraction of sp³-hybridized carbons (Fsp3) is 0.312. The summed E-state index contributed by atoms with van der Waals surface area (Å²) >= 11 is 0. The number of carbonyl (C=O) groups is 2. The number of amides is 2. The molecule has 1 aliphatic heterocycles. The van der Waals surface area contributed by atoms with Gasteiger partial charge in [0.2, 0.25) is 5.91 Å². The summed E-state index contributed by atoms with van der Waals surface area (Å²) in [5.74, 6) is -0.319. The van der Waals surface area contributed by atoms with Gasteiger partial charge in [-0.05, 0) is 24.5 Å². The van der Waals surface area contributed by atoms with Crippen LogP contribution < -0.4 is 5.32 Å². The minimum absolute atomic E-state index is 0.0250. The number of hydrogen-bond acceptors (Lipinski definition) is 3. The highest BCUT2D eigenvalue weighted by Gasteiger charge is 2.30. The molecule has 6 nitrogen and oxygen atoms in total. The van der Waals surface area contributed by atoms with Crippen LogP contribution in [-0.2, 0) is 11.3 Å². The summed E-state index contributed by atoms with van der Waals surface area (Å²) in [4.78, 5) is 26.4. The Labute approximate surface area is 128 Å². The molecule has 0 radical (unpaired) electrons. The predicted octanol–water partition coefficient (Wildman–Crippen LogP) is 1.33. The first-order valence-electron chi connectivity index (χ1n) is 7.37. The molecular formula is C16H18N4O2. The van der Waals surface area contributed by atoms with Gasteiger partial charge in [-0.2, -0.15) is 5.10 Å². The molecule has 2 aromatic rings. The number of nitrogens with zero attached hydrogens (tertiary/aromatic N) is 2. The Morgan fingerprint density at radius 2 is 2.14 bits per heavy atom. The van der Waals surface area contributed by atoms with Crippen LogP contribution in [0.4, 0.5) is 0 Å². The Morgan fingerprint density at radius 3 is 2.86 bits per heavy atom. The molecule has 0 spiro atoms. The van der Waals surface area contributed by atoms with E-state index in [0.717, 1.165) is 18.5 Å². The Kier molecular flexibility index (Phi) is 4.18. The van der Waals surface area contributed by atoms with Gasteiger partial charge in [-0.3, -0.25) is 14.7 Å². The molecule has 0 bridgehead atoms. The molecule has 2 N–H and O–H groups in total. The molecule has 0 saturated carbocycles. The third-order valence-electron chi connectivity index (χ3n) is 3.80. The van der Waals surface area contributed by atoms with Crippen LogP contribution in [0.1, 0.15) is 28.9 Å². The number of likely N-dealkylation sites (tertiary alicyclic amines) is 1. The lowest BCUT2D eigenvalue weighted by molar-refractivity contribution is -0.136. The van der Waals surface area contributed by atoms with Crippen LogP contribution in [0.5, 0.6) is 0 Å². The highest BCUT2D eigenvalue weighted by molar-refractivity contribution is 5.96. The van der Waals surface area contributed by atoms with Crippen LogP contribution in [0.3, 0.4) is 0 Å². The van der Waals surface area contributed by atoms with E-state index in [9.17, 15) is 9.59 Å². The molecule has 3 rings (SSSR count). The predicted molar refractivity (Wildman–Crippen MR) is 80.9 cm³/mol. The second-order valence-corrected chi connectivity index (χ2v) is 5.38. The summed E-state index contributed by atoms with van der Waals surface area (Å²) in [6.45, 7) is 1.31. The highest BCUT2D eigenvalue weighted by atomic mass is 16.2. The Bertz CT molecular complexity index is 639. The van der Waals surface area contributed by atoms with E-state index in [2.05, 4.69) is 15.5 Å². The smallest absolute Gasteiger partial charge is 0.269 e. The average Bonchev–Trinajstić information content (AvgIpc) is 3.07. The fourth-order valence-corrected chi connectivity index (χ4v) is 2.65. The van der Waals surface area contributed by atoms with E-state index >= 15 is 0 Å². The number of nitrogens with one attached hydrogen (secondary N) is 2. The molecule has 1 aromatic carbocycles. The molecule has 0 unspecified atom stereocenters. The highest BCUT2D eigenvalue weighted by Crippen LogP contribution is 2.15. The number of carbonyl (C=O) groups excluding carboxylic acids is 2. The standard InChI is InChI=1S/C16H18N4O2/c21-15(13-8-9-17-19-13)18-14-7-4-10-20(16(14)22)11-12-5-2-1-3-6-12/h1-3,5-6,8-9,14H,4,7,10-11H2,(H,17,19)(H,18,21)/t14-/m0/s1. The van der Waals surface area contributed by atoms with Crippen LogP contribution in [-0.4, -0.2) is 39.5 Å². The van der Waals surface area contributed by atoms with E-state index in [1.807, 2.05) is 30.3 Å². The lowest BCUT2D eigenvalue weighted by Crippen LogP contribution is -2.51. The van der Waals surface area contributed by atoms with Gasteiger partial charge in [0.05, 0.1) is 0 Å². The molecule has 1 aromatic heterocycles. The van der Waals surface area contributed by atoms with Gasteiger partial charge in [0.25, 0.3) is 5.91 Å². The third-order valence-corrected chi connectivity index (χ3v) is 3.80. The van der Waals surface area contributed by atoms with Crippen LogP contribution in [0, 0.1) is 0 Å². The van der Waals surface area contributed by atoms with Crippen LogP contribution in [0.25, 0.3) is 0 Å². The van der Waals surface area contributed by atoms with Gasteiger partial charge in [-0.25, -0.2) is 0 Å². The zero-order chi connectivity index (χ0) is 15.4. The van der Waals surface area contributed by atoms with Crippen molar-refractivity contribution in [3.05, 3.63) is 53.9 Å². The van der Waals surface area contributed by atoms with Crippen molar-refractivity contribution < 1.29 is 9.59 Å². The fourth-order valence-electron chi connectivity index (χ4n) is 2.65. The lowest BCUT2D eigenvalue weighted by atomic mass is 10.0. The number of benzene rings is 1. The Hall–Kier alpha value is -2.63. The summed E-state index contributed by atoms with van der Waals surface area (Å²) in [6, 6.07) is 11.0. The molecule has 114 valence electrons. The monoisotopic (exact) mass is 298 g/mol. The zero-order valence-corrected chi connectivity index (χ0v) is 12.2. The molecular weight excluding hydrogens is 280 g/mol. The number of rotatable bonds is 4. The average molecular weight is 298 g/mol. The molecule has 2 amide bonds. The van der Waals surface area contributed by atoms with Gasteiger partial charge in [0, 0.05) is 19.3 Å². The topological polar surface area (TPSA) is 78.1 Å². The van der Waals surface area contributed by atoms with E-state index in [-0.39, 0.29) is 11.8 Å². The van der Waals surface area contributed by atoms with Gasteiger partial charge in [0.1, 0.15) is 11.7 Å². The van der Waals surface area contributed by atoms with Crippen molar-refractivity contribution in [3.8, 4) is 0 Å². The number of piperidine rings is 1. The van der Waals surface area contributed by atoms with E-state index in [4.69, 9.17) is 0 Å². The van der Waals surface area contributed by atoms with Crippen molar-refractivity contribution >= 4 is 11.8 Å². The van der Waals surface area contributed by atoms with Crippen molar-refractivity contribution in [2.24, 2.45) is 0 Å². The summed E-state index contributed by atoms with van der Waals surface area (Å²) < 4.78 is 0. The van der Waals surface area contributed by atoms with Crippen molar-refractivity contribution in [2.45, 2.75) is 25.4 Å². The van der Waals surface area contributed by atoms with Crippen molar-refractivity contribution in [2.75, 3.05) is 6.54 Å². The number of H-pyrrole nitrogens is 1. The summed E-state index contributed by atoms with van der Waals surface area (Å²) in [5, 5.41) is 9.14. The molecule has 1 fully saturated rings. The first-order chi connectivity index (χ1) is 10.7. The maximum absolute atomic E-state index is 12.5. The van der Waals surface area contributed by atoms with E-state index in [0.29, 0.717) is 18.7 Å². The van der Waals surface area contributed by atoms with E-state index in [1.54, 1.807) is 11.0 Å². The van der Waals surface area contributed by atoms with Crippen LogP contribution in [0.2, 0.25) is 0 Å². The SMILES string of the molecule is O=C(N[C@H]1CCCN(Cc2ccccc2)C1=O)c1ccn[nH]1. The summed E-state index contributed by atoms with van der Waals surface area (Å²) in [5.41, 5.74) is 1.46. The maximum Gasteiger partial charge on any atom is 0.269 e. The Morgan fingerprint density at radius 1 is 1.32 bits per heavy atom. The second kappa shape index (κ2) is 6.43. The minimum Gasteiger partial charge on any atom is -0.339 e. The lowest BCUT2D eigenvalue weighted by Gasteiger charge is -2.32. The Balaban J connectivity index is 1.64. The normalized spacial score (nSPS) is 18.3. The van der Waals surface area contributed by atoms with Crippen LogP contribution >= 0.6 is 0 Å². The molecule has 2 heterocycles. The molecule has 1 aliphatic rings. The van der Waals surface area contributed by atoms with Gasteiger partial charge < -0.3 is 10.2 Å². The molecule has 1 saturated heterocycles. The minimum atomic E-state index is -0.465. The number of hydrogen-bond donors (Lipinski definition) is 2. The molecule has 22 heavy (non-hydrogen) atoms. The van der Waals surface area contributed by atoms with Crippen LogP contribution in [0.15, 0.2) is 42.6 Å². The zero-order valence-electron chi connectivity index (χ0n) is 12.2. The number of aromatic amines is 1. The van der Waals surface area contributed by atoms with E-state index in [1.165, 1.54) is 6.20 Å². The number of aromatic nitrogens is 2.